The first-order valence-electron chi connectivity index (χ1n) is 10.3. The van der Waals surface area contributed by atoms with E-state index in [2.05, 4.69) is 22.6 Å². The monoisotopic (exact) mass is 426 g/mol. The van der Waals surface area contributed by atoms with Gasteiger partial charge in [0.1, 0.15) is 0 Å². The molecule has 8 heteroatoms. The van der Waals surface area contributed by atoms with Crippen LogP contribution in [0, 0.1) is 5.92 Å². The molecule has 1 aromatic heterocycles. The van der Waals surface area contributed by atoms with E-state index in [1.807, 2.05) is 29.2 Å². The highest BCUT2D eigenvalue weighted by molar-refractivity contribution is 7.18. The van der Waals surface area contributed by atoms with Crippen LogP contribution in [0.3, 0.4) is 0 Å². The summed E-state index contributed by atoms with van der Waals surface area (Å²) in [4.78, 5) is 41.4. The molecular weight excluding hydrogens is 400 g/mol. The average Bonchev–Trinajstić information content (AvgIpc) is 3.49. The molecule has 30 heavy (non-hydrogen) atoms. The second-order valence-electron chi connectivity index (χ2n) is 7.94. The molecule has 0 radical (unpaired) electrons. The zero-order valence-electron chi connectivity index (χ0n) is 17.0. The molecule has 0 spiro atoms. The largest absolute Gasteiger partial charge is 0.340 e. The summed E-state index contributed by atoms with van der Waals surface area (Å²) in [6.45, 7) is 3.36. The molecule has 0 unspecified atom stereocenters. The summed E-state index contributed by atoms with van der Waals surface area (Å²) in [5.74, 6) is 0.0870. The van der Waals surface area contributed by atoms with Crippen LogP contribution < -0.4 is 10.6 Å². The minimum Gasteiger partial charge on any atom is -0.340 e. The number of piperazine rings is 1. The van der Waals surface area contributed by atoms with E-state index in [0.29, 0.717) is 22.0 Å². The normalized spacial score (nSPS) is 16.9. The van der Waals surface area contributed by atoms with Gasteiger partial charge in [0.25, 0.3) is 5.91 Å². The first kappa shape index (κ1) is 20.6. The van der Waals surface area contributed by atoms with Crippen molar-refractivity contribution in [2.45, 2.75) is 19.3 Å². The Balaban J connectivity index is 1.28. The molecule has 0 atom stereocenters. The van der Waals surface area contributed by atoms with E-state index in [0.717, 1.165) is 44.6 Å². The number of hydrogen-bond donors (Lipinski definition) is 2. The number of nitrogens with zero attached hydrogens (tertiary/aromatic N) is 2. The third-order valence-corrected chi connectivity index (χ3v) is 6.45. The van der Waals surface area contributed by atoms with Gasteiger partial charge in [0.15, 0.2) is 0 Å². The molecule has 1 aromatic carbocycles. The zero-order chi connectivity index (χ0) is 21.1. The van der Waals surface area contributed by atoms with E-state index < -0.39 is 0 Å². The van der Waals surface area contributed by atoms with Crippen molar-refractivity contribution in [3.63, 3.8) is 0 Å². The second-order valence-corrected chi connectivity index (χ2v) is 9.02. The number of thiophene rings is 1. The number of hydrogen-bond acceptors (Lipinski definition) is 5. The molecule has 2 heterocycles. The van der Waals surface area contributed by atoms with Crippen LogP contribution in [0.5, 0.6) is 0 Å². The summed E-state index contributed by atoms with van der Waals surface area (Å²) in [5.41, 5.74) is 1.60. The highest BCUT2D eigenvalue weighted by Gasteiger charge is 2.30. The predicted molar refractivity (Wildman–Crippen MR) is 118 cm³/mol. The number of carbonyl (C=O) groups is 3. The Labute approximate surface area is 180 Å². The fourth-order valence-corrected chi connectivity index (χ4v) is 4.14. The zero-order valence-corrected chi connectivity index (χ0v) is 17.8. The SMILES string of the molecule is CN1CCN(C(=O)Cc2ccc(NC(=O)c3ccc(NC(=O)C4CC4)s3)cc2)CC1. The van der Waals surface area contributed by atoms with Gasteiger partial charge in [-0.2, -0.15) is 0 Å². The molecule has 7 nitrogen and oxygen atoms in total. The van der Waals surface area contributed by atoms with E-state index in [9.17, 15) is 14.4 Å². The third-order valence-electron chi connectivity index (χ3n) is 5.45. The molecule has 158 valence electrons. The number of rotatable bonds is 6. The lowest BCUT2D eigenvalue weighted by Gasteiger charge is -2.32. The summed E-state index contributed by atoms with van der Waals surface area (Å²) >= 11 is 1.26. The van der Waals surface area contributed by atoms with Gasteiger partial charge in [-0.05, 0) is 49.7 Å². The number of benzene rings is 1. The van der Waals surface area contributed by atoms with Gasteiger partial charge in [-0.1, -0.05) is 12.1 Å². The minimum atomic E-state index is -0.215. The number of nitrogens with one attached hydrogen (secondary N) is 2. The molecule has 1 saturated heterocycles. The maximum atomic E-state index is 12.5. The van der Waals surface area contributed by atoms with Crippen molar-refractivity contribution in [1.29, 1.82) is 0 Å². The van der Waals surface area contributed by atoms with E-state index in [4.69, 9.17) is 0 Å². The van der Waals surface area contributed by atoms with Crippen LogP contribution in [-0.2, 0) is 16.0 Å². The van der Waals surface area contributed by atoms with Gasteiger partial charge in [0.05, 0.1) is 16.3 Å². The first-order chi connectivity index (χ1) is 14.5. The van der Waals surface area contributed by atoms with Gasteiger partial charge in [-0.25, -0.2) is 0 Å². The number of anilines is 2. The van der Waals surface area contributed by atoms with E-state index in [1.54, 1.807) is 12.1 Å². The minimum absolute atomic E-state index is 0.0329. The summed E-state index contributed by atoms with van der Waals surface area (Å²) in [6, 6.07) is 10.8. The van der Waals surface area contributed by atoms with Crippen LogP contribution in [0.1, 0.15) is 28.1 Å². The van der Waals surface area contributed by atoms with Crippen molar-refractivity contribution in [3.05, 3.63) is 46.8 Å². The Morgan fingerprint density at radius 2 is 1.67 bits per heavy atom. The lowest BCUT2D eigenvalue weighted by Crippen LogP contribution is -2.47. The topological polar surface area (TPSA) is 81.8 Å². The predicted octanol–water partition coefficient (Wildman–Crippen LogP) is 2.67. The van der Waals surface area contributed by atoms with Gasteiger partial charge >= 0.3 is 0 Å². The fourth-order valence-electron chi connectivity index (χ4n) is 3.34. The van der Waals surface area contributed by atoms with Gasteiger partial charge in [0.2, 0.25) is 11.8 Å². The van der Waals surface area contributed by atoms with Gasteiger partial charge in [-0.3, -0.25) is 14.4 Å². The second kappa shape index (κ2) is 8.97. The summed E-state index contributed by atoms with van der Waals surface area (Å²) in [7, 11) is 2.07. The smallest absolute Gasteiger partial charge is 0.265 e. The molecule has 1 aliphatic carbocycles. The molecule has 3 amide bonds. The van der Waals surface area contributed by atoms with Crippen molar-refractivity contribution in [2.75, 3.05) is 43.9 Å². The Bertz CT molecular complexity index is 928. The van der Waals surface area contributed by atoms with E-state index in [1.165, 1.54) is 11.3 Å². The molecule has 2 N–H and O–H groups in total. The lowest BCUT2D eigenvalue weighted by molar-refractivity contribution is -0.132. The Morgan fingerprint density at radius 1 is 0.967 bits per heavy atom. The van der Waals surface area contributed by atoms with Crippen LogP contribution in [0.4, 0.5) is 10.7 Å². The van der Waals surface area contributed by atoms with Crippen LogP contribution in [0.25, 0.3) is 0 Å². The van der Waals surface area contributed by atoms with Crippen LogP contribution in [-0.4, -0.2) is 60.7 Å². The molecular formula is C22H26N4O3S. The number of likely N-dealkylation sites (N-methyl/N-ethyl adjacent to an activating group) is 1. The van der Waals surface area contributed by atoms with Crippen molar-refractivity contribution in [2.24, 2.45) is 5.92 Å². The summed E-state index contributed by atoms with van der Waals surface area (Å²) in [6.07, 6.45) is 2.26. The van der Waals surface area contributed by atoms with Crippen LogP contribution in [0.2, 0.25) is 0 Å². The van der Waals surface area contributed by atoms with Crippen LogP contribution >= 0.6 is 11.3 Å². The molecule has 2 aromatic rings. The maximum absolute atomic E-state index is 12.5. The fraction of sp³-hybridized carbons (Fsp3) is 0.409. The quantitative estimate of drug-likeness (QED) is 0.744. The standard InChI is InChI=1S/C22H26N4O3S/c1-25-10-12-26(13-11-25)20(27)14-15-2-6-17(7-3-15)23-22(29)18-8-9-19(30-18)24-21(28)16-4-5-16/h2-3,6-9,16H,4-5,10-14H2,1H3,(H,23,29)(H,24,28). The van der Waals surface area contributed by atoms with Gasteiger partial charge in [-0.15, -0.1) is 11.3 Å². The molecule has 4 rings (SSSR count). The molecule has 1 aliphatic heterocycles. The highest BCUT2D eigenvalue weighted by atomic mass is 32.1. The molecule has 1 saturated carbocycles. The molecule has 2 fully saturated rings. The first-order valence-corrected chi connectivity index (χ1v) is 11.1. The lowest BCUT2D eigenvalue weighted by atomic mass is 10.1. The van der Waals surface area contributed by atoms with Gasteiger partial charge in [0, 0.05) is 37.8 Å². The van der Waals surface area contributed by atoms with Gasteiger partial charge < -0.3 is 20.4 Å². The third kappa shape index (κ3) is 5.25. The van der Waals surface area contributed by atoms with E-state index >= 15 is 0 Å². The Kier molecular flexibility index (Phi) is 6.15. The average molecular weight is 427 g/mol. The van der Waals surface area contributed by atoms with Crippen molar-refractivity contribution in [3.8, 4) is 0 Å². The number of amides is 3. The van der Waals surface area contributed by atoms with Crippen molar-refractivity contribution < 1.29 is 14.4 Å². The summed E-state index contributed by atoms with van der Waals surface area (Å²) < 4.78 is 0. The molecule has 2 aliphatic rings. The maximum Gasteiger partial charge on any atom is 0.265 e. The Morgan fingerprint density at radius 3 is 2.33 bits per heavy atom. The number of carbonyl (C=O) groups excluding carboxylic acids is 3. The highest BCUT2D eigenvalue weighted by Crippen LogP contribution is 2.31. The molecule has 0 bridgehead atoms. The van der Waals surface area contributed by atoms with Crippen molar-refractivity contribution in [1.82, 2.24) is 9.80 Å². The van der Waals surface area contributed by atoms with E-state index in [-0.39, 0.29) is 23.6 Å². The van der Waals surface area contributed by atoms with Crippen molar-refractivity contribution >= 4 is 39.7 Å². The van der Waals surface area contributed by atoms with Crippen LogP contribution in [0.15, 0.2) is 36.4 Å². The summed E-state index contributed by atoms with van der Waals surface area (Å²) in [5, 5.41) is 6.42. The Hall–Kier alpha value is -2.71.